The number of benzene rings is 1. The molecule has 11 heteroatoms. The molecule has 0 bridgehead atoms. The standard InChI is InChI=1S/C25H31N11/c1-4-34(5-2)11-10-33(3)21-9-8-20(12-22(21)35-16-27-28-17-35)30-23-13-24(31-19-6-7-19)36-25(32-23)18(14-26)15-29-36/h8-9,12-13,15-17,19,31H,4-7,10-11H2,1-3H3,(H,30,32). The Morgan fingerprint density at radius 2 is 1.89 bits per heavy atom. The largest absolute Gasteiger partial charge is 0.372 e. The van der Waals surface area contributed by atoms with Crippen LogP contribution < -0.4 is 15.5 Å². The molecule has 4 aromatic rings. The number of nitrogens with one attached hydrogen (secondary N) is 2. The summed E-state index contributed by atoms with van der Waals surface area (Å²) in [5.74, 6) is 1.46. The molecule has 3 aromatic heterocycles. The second kappa shape index (κ2) is 10.2. The fourth-order valence-corrected chi connectivity index (χ4v) is 4.20. The third-order valence-electron chi connectivity index (χ3n) is 6.52. The van der Waals surface area contributed by atoms with Gasteiger partial charge in [0.25, 0.3) is 0 Å². The Balaban J connectivity index is 1.46. The number of anilines is 4. The molecule has 1 saturated carbocycles. The highest BCUT2D eigenvalue weighted by Crippen LogP contribution is 2.31. The molecule has 11 nitrogen and oxygen atoms in total. The van der Waals surface area contributed by atoms with Crippen LogP contribution in [0.3, 0.4) is 0 Å². The number of hydrogen-bond donors (Lipinski definition) is 2. The van der Waals surface area contributed by atoms with Crippen LogP contribution in [-0.2, 0) is 0 Å². The number of nitriles is 1. The zero-order chi connectivity index (χ0) is 25.1. The Morgan fingerprint density at radius 3 is 2.58 bits per heavy atom. The molecule has 186 valence electrons. The van der Waals surface area contributed by atoms with Crippen molar-refractivity contribution in [3.05, 3.63) is 48.7 Å². The van der Waals surface area contributed by atoms with Gasteiger partial charge in [0.05, 0.1) is 17.6 Å². The van der Waals surface area contributed by atoms with Crippen LogP contribution in [0.1, 0.15) is 32.3 Å². The van der Waals surface area contributed by atoms with Gasteiger partial charge >= 0.3 is 0 Å². The summed E-state index contributed by atoms with van der Waals surface area (Å²) in [4.78, 5) is 9.35. The van der Waals surface area contributed by atoms with Crippen molar-refractivity contribution in [2.75, 3.05) is 48.8 Å². The van der Waals surface area contributed by atoms with Crippen molar-refractivity contribution in [2.45, 2.75) is 32.7 Å². The lowest BCUT2D eigenvalue weighted by Gasteiger charge is -2.26. The highest BCUT2D eigenvalue weighted by atomic mass is 15.3. The van der Waals surface area contributed by atoms with E-state index >= 15 is 0 Å². The molecule has 3 heterocycles. The molecular weight excluding hydrogens is 454 g/mol. The molecule has 1 aliphatic rings. The minimum Gasteiger partial charge on any atom is -0.372 e. The van der Waals surface area contributed by atoms with Crippen LogP contribution in [0.2, 0.25) is 0 Å². The van der Waals surface area contributed by atoms with Gasteiger partial charge < -0.3 is 20.4 Å². The van der Waals surface area contributed by atoms with Crippen molar-refractivity contribution in [3.63, 3.8) is 0 Å². The van der Waals surface area contributed by atoms with Gasteiger partial charge in [-0.2, -0.15) is 14.9 Å². The number of hydrogen-bond acceptors (Lipinski definition) is 9. The van der Waals surface area contributed by atoms with Crippen LogP contribution in [0.25, 0.3) is 11.3 Å². The molecule has 0 amide bonds. The minimum absolute atomic E-state index is 0.435. The van der Waals surface area contributed by atoms with Crippen LogP contribution in [0.4, 0.5) is 23.0 Å². The summed E-state index contributed by atoms with van der Waals surface area (Å²) >= 11 is 0. The molecule has 0 unspecified atom stereocenters. The molecule has 0 saturated heterocycles. The maximum Gasteiger partial charge on any atom is 0.177 e. The topological polar surface area (TPSA) is 115 Å². The Labute approximate surface area is 210 Å². The summed E-state index contributed by atoms with van der Waals surface area (Å²) < 4.78 is 3.61. The van der Waals surface area contributed by atoms with Gasteiger partial charge in [-0.3, -0.25) is 4.57 Å². The van der Waals surface area contributed by atoms with Gasteiger partial charge in [0.1, 0.15) is 35.9 Å². The normalized spacial score (nSPS) is 13.2. The van der Waals surface area contributed by atoms with Gasteiger partial charge in [-0.15, -0.1) is 10.2 Å². The van der Waals surface area contributed by atoms with Crippen molar-refractivity contribution >= 4 is 28.7 Å². The van der Waals surface area contributed by atoms with E-state index in [0.717, 1.165) is 61.9 Å². The third kappa shape index (κ3) is 4.94. The summed E-state index contributed by atoms with van der Waals surface area (Å²) in [5, 5.41) is 28.8. The highest BCUT2D eigenvalue weighted by molar-refractivity contribution is 5.73. The predicted molar refractivity (Wildman–Crippen MR) is 140 cm³/mol. The van der Waals surface area contributed by atoms with Gasteiger partial charge in [0.15, 0.2) is 5.65 Å². The zero-order valence-electron chi connectivity index (χ0n) is 20.9. The predicted octanol–water partition coefficient (Wildman–Crippen LogP) is 3.28. The molecule has 0 spiro atoms. The maximum absolute atomic E-state index is 9.52. The summed E-state index contributed by atoms with van der Waals surface area (Å²) in [6.07, 6.45) is 7.22. The van der Waals surface area contributed by atoms with E-state index in [1.54, 1.807) is 23.4 Å². The Hall–Kier alpha value is -4.17. The van der Waals surface area contributed by atoms with Gasteiger partial charge in [-0.25, -0.2) is 4.98 Å². The first-order chi connectivity index (χ1) is 17.6. The SMILES string of the molecule is CCN(CC)CCN(C)c1ccc(Nc2cc(NC3CC3)n3ncc(C#N)c3n2)cc1-n1cnnc1. The molecule has 0 atom stereocenters. The third-order valence-corrected chi connectivity index (χ3v) is 6.52. The van der Waals surface area contributed by atoms with E-state index in [0.29, 0.717) is 23.1 Å². The summed E-state index contributed by atoms with van der Waals surface area (Å²) in [6.45, 7) is 8.32. The fourth-order valence-electron chi connectivity index (χ4n) is 4.20. The maximum atomic E-state index is 9.52. The van der Waals surface area contributed by atoms with Crippen molar-refractivity contribution in [1.29, 1.82) is 5.26 Å². The number of rotatable bonds is 11. The molecular formula is C25H31N11. The van der Waals surface area contributed by atoms with Gasteiger partial charge in [-0.05, 0) is 44.1 Å². The van der Waals surface area contributed by atoms with Crippen LogP contribution in [0.15, 0.2) is 43.1 Å². The van der Waals surface area contributed by atoms with Crippen LogP contribution in [0.5, 0.6) is 0 Å². The Morgan fingerprint density at radius 1 is 1.11 bits per heavy atom. The quantitative estimate of drug-likeness (QED) is 0.330. The minimum atomic E-state index is 0.435. The molecule has 0 aliphatic heterocycles. The van der Waals surface area contributed by atoms with E-state index in [1.807, 2.05) is 16.7 Å². The lowest BCUT2D eigenvalue weighted by atomic mass is 10.2. The van der Waals surface area contributed by atoms with Crippen molar-refractivity contribution in [3.8, 4) is 11.8 Å². The van der Waals surface area contributed by atoms with E-state index in [-0.39, 0.29) is 0 Å². The smallest absolute Gasteiger partial charge is 0.177 e. The average Bonchev–Trinajstić information content (AvgIpc) is 3.36. The average molecular weight is 486 g/mol. The molecule has 1 aromatic carbocycles. The molecule has 1 aliphatic carbocycles. The highest BCUT2D eigenvalue weighted by Gasteiger charge is 2.23. The molecule has 2 N–H and O–H groups in total. The first-order valence-electron chi connectivity index (χ1n) is 12.3. The van der Waals surface area contributed by atoms with Crippen LogP contribution in [0, 0.1) is 11.3 Å². The van der Waals surface area contributed by atoms with Crippen molar-refractivity contribution in [1.82, 2.24) is 34.3 Å². The number of fused-ring (bicyclic) bond motifs is 1. The monoisotopic (exact) mass is 485 g/mol. The van der Waals surface area contributed by atoms with Crippen molar-refractivity contribution < 1.29 is 0 Å². The lowest BCUT2D eigenvalue weighted by Crippen LogP contribution is -2.33. The number of nitrogens with zero attached hydrogens (tertiary/aromatic N) is 9. The first-order valence-corrected chi connectivity index (χ1v) is 12.3. The van der Waals surface area contributed by atoms with E-state index < -0.39 is 0 Å². The second-order valence-corrected chi connectivity index (χ2v) is 9.00. The Bertz CT molecular complexity index is 1360. The number of likely N-dealkylation sites (N-methyl/N-ethyl adjacent to an activating group) is 2. The van der Waals surface area contributed by atoms with E-state index in [9.17, 15) is 5.26 Å². The fraction of sp³-hybridized carbons (Fsp3) is 0.400. The molecule has 5 rings (SSSR count). The zero-order valence-corrected chi connectivity index (χ0v) is 20.9. The molecule has 0 radical (unpaired) electrons. The summed E-state index contributed by atoms with van der Waals surface area (Å²) in [7, 11) is 2.11. The Kier molecular flexibility index (Phi) is 6.69. The second-order valence-electron chi connectivity index (χ2n) is 9.00. The van der Waals surface area contributed by atoms with Crippen molar-refractivity contribution in [2.24, 2.45) is 0 Å². The lowest BCUT2D eigenvalue weighted by molar-refractivity contribution is 0.311. The molecule has 1 fully saturated rings. The van der Waals surface area contributed by atoms with Gasteiger partial charge in [0, 0.05) is 37.9 Å². The van der Waals surface area contributed by atoms with Gasteiger partial charge in [0.2, 0.25) is 0 Å². The number of aromatic nitrogens is 6. The summed E-state index contributed by atoms with van der Waals surface area (Å²) in [5.41, 5.74) is 3.87. The van der Waals surface area contributed by atoms with Gasteiger partial charge in [-0.1, -0.05) is 13.8 Å². The summed E-state index contributed by atoms with van der Waals surface area (Å²) in [6, 6.07) is 10.8. The first kappa shape index (κ1) is 23.6. The van der Waals surface area contributed by atoms with E-state index in [4.69, 9.17) is 0 Å². The van der Waals surface area contributed by atoms with Crippen LogP contribution >= 0.6 is 0 Å². The van der Waals surface area contributed by atoms with E-state index in [1.165, 1.54) is 0 Å². The van der Waals surface area contributed by atoms with E-state index in [2.05, 4.69) is 79.8 Å². The van der Waals surface area contributed by atoms with Crippen LogP contribution in [-0.4, -0.2) is 73.5 Å². The molecule has 36 heavy (non-hydrogen) atoms.